The fourth-order valence-corrected chi connectivity index (χ4v) is 2.28. The van der Waals surface area contributed by atoms with Crippen molar-refractivity contribution in [3.63, 3.8) is 0 Å². The number of hydrogen-bond donors (Lipinski definition) is 1. The number of methoxy groups -OCH3 is 1. The van der Waals surface area contributed by atoms with Crippen LogP contribution in [0.25, 0.3) is 0 Å². The van der Waals surface area contributed by atoms with E-state index < -0.39 is 0 Å². The Hall–Kier alpha value is -2.23. The van der Waals surface area contributed by atoms with Crippen molar-refractivity contribution in [2.45, 2.75) is 20.4 Å². The minimum atomic E-state index is 0.729. The maximum Gasteiger partial charge on any atom is 0.128 e. The first kappa shape index (κ1) is 14.2. The smallest absolute Gasteiger partial charge is 0.128 e. The van der Waals surface area contributed by atoms with Crippen LogP contribution in [0, 0.1) is 13.8 Å². The number of rotatable bonds is 4. The molecule has 1 aromatic carbocycles. The van der Waals surface area contributed by atoms with Gasteiger partial charge in [-0.25, -0.2) is 0 Å². The van der Waals surface area contributed by atoms with Crippen molar-refractivity contribution < 1.29 is 4.74 Å². The van der Waals surface area contributed by atoms with Crippen LogP contribution in [0.5, 0.6) is 5.75 Å². The summed E-state index contributed by atoms with van der Waals surface area (Å²) in [6.07, 6.45) is 1.86. The van der Waals surface area contributed by atoms with Gasteiger partial charge in [0.2, 0.25) is 0 Å². The minimum Gasteiger partial charge on any atom is -0.496 e. The second-order valence-corrected chi connectivity index (χ2v) is 4.99. The molecule has 0 aliphatic rings. The van der Waals surface area contributed by atoms with Crippen molar-refractivity contribution in [1.29, 1.82) is 0 Å². The second kappa shape index (κ2) is 5.82. The quantitative estimate of drug-likeness (QED) is 0.869. The van der Waals surface area contributed by atoms with Crippen LogP contribution >= 0.6 is 0 Å². The van der Waals surface area contributed by atoms with Crippen LogP contribution in [0.2, 0.25) is 0 Å². The molecule has 0 aliphatic heterocycles. The first-order valence-corrected chi connectivity index (χ1v) is 6.58. The lowest BCUT2D eigenvalue weighted by Crippen LogP contribution is -2.18. The zero-order chi connectivity index (χ0) is 14.7. The van der Waals surface area contributed by atoms with Crippen LogP contribution in [0.4, 0.5) is 11.4 Å². The molecule has 0 bridgehead atoms. The molecule has 0 unspecified atom stereocenters. The average Bonchev–Trinajstić information content (AvgIpc) is 2.43. The van der Waals surface area contributed by atoms with Crippen LogP contribution in [0.15, 0.2) is 30.5 Å². The van der Waals surface area contributed by atoms with E-state index in [1.54, 1.807) is 7.11 Å². The zero-order valence-corrected chi connectivity index (χ0v) is 12.5. The molecule has 106 valence electrons. The van der Waals surface area contributed by atoms with Crippen LogP contribution in [0.1, 0.15) is 16.8 Å². The lowest BCUT2D eigenvalue weighted by molar-refractivity contribution is 0.407. The zero-order valence-electron chi connectivity index (χ0n) is 12.5. The predicted molar refractivity (Wildman–Crippen MR) is 83.2 cm³/mol. The number of nitrogens with zero attached hydrogens (tertiary/aromatic N) is 2. The van der Waals surface area contributed by atoms with Crippen molar-refractivity contribution in [2.24, 2.45) is 0 Å². The van der Waals surface area contributed by atoms with Crippen LogP contribution in [-0.2, 0) is 6.54 Å². The number of nitrogens with two attached hydrogens (primary N) is 1. The van der Waals surface area contributed by atoms with E-state index in [2.05, 4.69) is 9.88 Å². The average molecular weight is 271 g/mol. The number of anilines is 2. The normalized spacial score (nSPS) is 10.4. The number of aryl methyl sites for hydroxylation is 1. The summed E-state index contributed by atoms with van der Waals surface area (Å²) in [6.45, 7) is 4.78. The second-order valence-electron chi connectivity index (χ2n) is 4.99. The van der Waals surface area contributed by atoms with Crippen molar-refractivity contribution in [3.8, 4) is 5.75 Å². The molecular formula is C16H21N3O. The number of aromatic nitrogens is 1. The third kappa shape index (κ3) is 2.85. The topological polar surface area (TPSA) is 51.4 Å². The lowest BCUT2D eigenvalue weighted by atomic mass is 10.1. The van der Waals surface area contributed by atoms with E-state index >= 15 is 0 Å². The van der Waals surface area contributed by atoms with E-state index in [9.17, 15) is 0 Å². The molecule has 0 fully saturated rings. The highest BCUT2D eigenvalue weighted by atomic mass is 16.5. The van der Waals surface area contributed by atoms with E-state index in [0.717, 1.165) is 40.5 Å². The van der Waals surface area contributed by atoms with Crippen molar-refractivity contribution in [3.05, 3.63) is 47.3 Å². The third-order valence-corrected chi connectivity index (χ3v) is 3.47. The Morgan fingerprint density at radius 2 is 1.85 bits per heavy atom. The van der Waals surface area contributed by atoms with Crippen molar-refractivity contribution in [1.82, 2.24) is 4.98 Å². The van der Waals surface area contributed by atoms with Crippen molar-refractivity contribution in [2.75, 3.05) is 24.8 Å². The fourth-order valence-electron chi connectivity index (χ4n) is 2.28. The van der Waals surface area contributed by atoms with Gasteiger partial charge in [0.25, 0.3) is 0 Å². The van der Waals surface area contributed by atoms with Gasteiger partial charge in [0.15, 0.2) is 0 Å². The first-order chi connectivity index (χ1) is 9.52. The van der Waals surface area contributed by atoms with Gasteiger partial charge >= 0.3 is 0 Å². The molecule has 4 nitrogen and oxygen atoms in total. The number of hydrogen-bond acceptors (Lipinski definition) is 4. The van der Waals surface area contributed by atoms with Gasteiger partial charge in [0, 0.05) is 35.7 Å². The van der Waals surface area contributed by atoms with Crippen LogP contribution in [0.3, 0.4) is 0 Å². The highest BCUT2D eigenvalue weighted by molar-refractivity contribution is 5.53. The molecule has 0 saturated carbocycles. The number of pyridine rings is 1. The molecule has 0 saturated heterocycles. The van der Waals surface area contributed by atoms with E-state index in [4.69, 9.17) is 10.5 Å². The van der Waals surface area contributed by atoms with Crippen molar-refractivity contribution >= 4 is 11.4 Å². The van der Waals surface area contributed by atoms with Gasteiger partial charge in [0.05, 0.1) is 19.3 Å². The van der Waals surface area contributed by atoms with Gasteiger partial charge in [-0.15, -0.1) is 0 Å². The van der Waals surface area contributed by atoms with E-state index in [1.165, 1.54) is 0 Å². The molecule has 2 aromatic rings. The van der Waals surface area contributed by atoms with Crippen LogP contribution in [-0.4, -0.2) is 19.1 Å². The highest BCUT2D eigenvalue weighted by Crippen LogP contribution is 2.25. The summed E-state index contributed by atoms with van der Waals surface area (Å²) in [6, 6.07) is 7.83. The molecule has 20 heavy (non-hydrogen) atoms. The standard InChI is InChI=1S/C16H21N3O/c1-11-9-18-15(12(2)16(11)20-4)10-19(3)14-7-5-13(17)6-8-14/h5-9H,10,17H2,1-4H3. The van der Waals surface area contributed by atoms with Gasteiger partial charge in [-0.1, -0.05) is 0 Å². The highest BCUT2D eigenvalue weighted by Gasteiger charge is 2.11. The number of benzene rings is 1. The molecule has 4 heteroatoms. The molecule has 2 N–H and O–H groups in total. The Kier molecular flexibility index (Phi) is 4.13. The Bertz CT molecular complexity index is 593. The molecule has 2 rings (SSSR count). The molecule has 0 aliphatic carbocycles. The summed E-state index contributed by atoms with van der Waals surface area (Å²) < 4.78 is 5.44. The maximum absolute atomic E-state index is 5.71. The van der Waals surface area contributed by atoms with Gasteiger partial charge in [0.1, 0.15) is 5.75 Å². The molecular weight excluding hydrogens is 250 g/mol. The van der Waals surface area contributed by atoms with Gasteiger partial charge in [-0.3, -0.25) is 4.98 Å². The van der Waals surface area contributed by atoms with E-state index in [0.29, 0.717) is 0 Å². The summed E-state index contributed by atoms with van der Waals surface area (Å²) in [7, 11) is 3.74. The summed E-state index contributed by atoms with van der Waals surface area (Å²) in [5, 5.41) is 0. The first-order valence-electron chi connectivity index (χ1n) is 6.58. The molecule has 0 atom stereocenters. The molecule has 0 amide bonds. The minimum absolute atomic E-state index is 0.729. The number of nitrogen functional groups attached to an aromatic ring is 1. The summed E-state index contributed by atoms with van der Waals surface area (Å²) in [4.78, 5) is 6.67. The Labute approximate surface area is 120 Å². The fraction of sp³-hybridized carbons (Fsp3) is 0.312. The summed E-state index contributed by atoms with van der Waals surface area (Å²) in [5.74, 6) is 0.917. The maximum atomic E-state index is 5.71. The Morgan fingerprint density at radius 3 is 2.45 bits per heavy atom. The van der Waals surface area contributed by atoms with E-state index in [1.807, 2.05) is 51.4 Å². The Morgan fingerprint density at radius 1 is 1.20 bits per heavy atom. The van der Waals surface area contributed by atoms with Gasteiger partial charge in [-0.05, 0) is 38.1 Å². The van der Waals surface area contributed by atoms with Crippen LogP contribution < -0.4 is 15.4 Å². The monoisotopic (exact) mass is 271 g/mol. The lowest BCUT2D eigenvalue weighted by Gasteiger charge is -2.21. The predicted octanol–water partition coefficient (Wildman–Crippen LogP) is 2.93. The molecule has 1 heterocycles. The van der Waals surface area contributed by atoms with Gasteiger partial charge in [-0.2, -0.15) is 0 Å². The summed E-state index contributed by atoms with van der Waals surface area (Å²) >= 11 is 0. The molecule has 0 radical (unpaired) electrons. The number of ether oxygens (including phenoxy) is 1. The summed E-state index contributed by atoms with van der Waals surface area (Å²) in [5.41, 5.74) is 10.8. The molecule has 1 aromatic heterocycles. The van der Waals surface area contributed by atoms with E-state index in [-0.39, 0.29) is 0 Å². The largest absolute Gasteiger partial charge is 0.496 e. The van der Waals surface area contributed by atoms with Gasteiger partial charge < -0.3 is 15.4 Å². The molecule has 0 spiro atoms. The SMILES string of the molecule is COc1c(C)cnc(CN(C)c2ccc(N)cc2)c1C. The third-order valence-electron chi connectivity index (χ3n) is 3.47. The Balaban J connectivity index is 2.23.